The maximum absolute atomic E-state index is 11.9. The van der Waals surface area contributed by atoms with E-state index in [1.807, 2.05) is 37.3 Å². The highest BCUT2D eigenvalue weighted by Gasteiger charge is 2.49. The van der Waals surface area contributed by atoms with Crippen molar-refractivity contribution in [3.05, 3.63) is 59.7 Å². The van der Waals surface area contributed by atoms with Crippen molar-refractivity contribution in [1.82, 2.24) is 0 Å². The first kappa shape index (κ1) is 18.0. The second kappa shape index (κ2) is 7.59. The highest BCUT2D eigenvalue weighted by atomic mass is 16.5. The summed E-state index contributed by atoms with van der Waals surface area (Å²) in [5.74, 6) is 1.45. The van der Waals surface area contributed by atoms with Crippen LogP contribution in [0.3, 0.4) is 0 Å². The van der Waals surface area contributed by atoms with Crippen LogP contribution in [0.1, 0.15) is 51.5 Å². The molecule has 0 heterocycles. The Morgan fingerprint density at radius 3 is 2.76 bits per heavy atom. The third kappa shape index (κ3) is 4.05. The Morgan fingerprint density at radius 1 is 1.32 bits per heavy atom. The van der Waals surface area contributed by atoms with Crippen LogP contribution in [-0.2, 0) is 16.0 Å². The van der Waals surface area contributed by atoms with Gasteiger partial charge < -0.3 is 4.74 Å². The van der Waals surface area contributed by atoms with Gasteiger partial charge in [0, 0.05) is 0 Å². The molecule has 134 valence electrons. The van der Waals surface area contributed by atoms with Crippen LogP contribution >= 0.6 is 0 Å². The number of carbonyl (C=O) groups is 1. The zero-order valence-corrected chi connectivity index (χ0v) is 15.6. The molecule has 1 aromatic carbocycles. The molecule has 25 heavy (non-hydrogen) atoms. The molecule has 2 aliphatic rings. The number of carbonyl (C=O) groups excluding carboxylic acids is 1. The van der Waals surface area contributed by atoms with Crippen molar-refractivity contribution in [1.29, 1.82) is 0 Å². The molecule has 2 fully saturated rings. The van der Waals surface area contributed by atoms with Crippen molar-refractivity contribution in [3.63, 3.8) is 0 Å². The fourth-order valence-corrected chi connectivity index (χ4v) is 4.66. The van der Waals surface area contributed by atoms with Gasteiger partial charge in [-0.1, -0.05) is 55.5 Å². The first-order valence-corrected chi connectivity index (χ1v) is 9.53. The van der Waals surface area contributed by atoms with E-state index in [2.05, 4.69) is 19.6 Å². The van der Waals surface area contributed by atoms with Crippen LogP contribution in [0.25, 0.3) is 0 Å². The van der Waals surface area contributed by atoms with Crippen LogP contribution in [0.4, 0.5) is 0 Å². The fourth-order valence-electron chi connectivity index (χ4n) is 4.66. The second-order valence-electron chi connectivity index (χ2n) is 8.06. The number of benzene rings is 1. The summed E-state index contributed by atoms with van der Waals surface area (Å²) < 4.78 is 5.40. The summed E-state index contributed by atoms with van der Waals surface area (Å²) in [6.07, 6.45) is 8.87. The Bertz CT molecular complexity index is 658. The lowest BCUT2D eigenvalue weighted by atomic mass is 9.69. The smallest absolute Gasteiger partial charge is 0.310 e. The van der Waals surface area contributed by atoms with Gasteiger partial charge in [-0.25, -0.2) is 0 Å². The summed E-state index contributed by atoms with van der Waals surface area (Å²) in [5, 5.41) is 0. The molecule has 2 saturated carbocycles. The zero-order chi connectivity index (χ0) is 17.9. The van der Waals surface area contributed by atoms with Crippen LogP contribution in [0.2, 0.25) is 0 Å². The lowest BCUT2D eigenvalue weighted by Gasteiger charge is -2.36. The summed E-state index contributed by atoms with van der Waals surface area (Å²) in [5.41, 5.74) is 3.95. The van der Waals surface area contributed by atoms with E-state index >= 15 is 0 Å². The molecule has 0 aromatic heterocycles. The normalized spacial score (nSPS) is 28.4. The number of hydrogen-bond donors (Lipinski definition) is 0. The number of hydrogen-bond acceptors (Lipinski definition) is 2. The average Bonchev–Trinajstić information content (AvgIpc) is 3.17. The highest BCUT2D eigenvalue weighted by Crippen LogP contribution is 2.60. The van der Waals surface area contributed by atoms with Gasteiger partial charge in [-0.2, -0.15) is 0 Å². The predicted octanol–water partition coefficient (Wildman–Crippen LogP) is 5.49. The molecule has 2 aliphatic carbocycles. The third-order valence-electron chi connectivity index (χ3n) is 6.37. The molecular formula is C23H30O2. The van der Waals surface area contributed by atoms with Gasteiger partial charge in [-0.15, -0.1) is 0 Å². The standard InChI is InChI=1S/C23H30O2/c1-17(16-25-22(24)14-19-9-5-4-6-10-19)8-7-13-23(3)18(2)20-11-12-21(23)15-20/h4-6,8-10,20-21H,2,7,11-16H2,1,3H3/b17-8-/t20-,21+,23+/m1/s1. The number of fused-ring (bicyclic) bond motifs is 2. The monoisotopic (exact) mass is 338 g/mol. The van der Waals surface area contributed by atoms with Gasteiger partial charge in [0.25, 0.3) is 0 Å². The highest BCUT2D eigenvalue weighted by molar-refractivity contribution is 5.72. The molecule has 0 aliphatic heterocycles. The third-order valence-corrected chi connectivity index (χ3v) is 6.37. The second-order valence-corrected chi connectivity index (χ2v) is 8.06. The van der Waals surface area contributed by atoms with E-state index in [1.54, 1.807) is 0 Å². The molecule has 3 rings (SSSR count). The minimum atomic E-state index is -0.160. The van der Waals surface area contributed by atoms with Crippen LogP contribution < -0.4 is 0 Å². The maximum atomic E-state index is 11.9. The van der Waals surface area contributed by atoms with E-state index < -0.39 is 0 Å². The summed E-state index contributed by atoms with van der Waals surface area (Å²) >= 11 is 0. The van der Waals surface area contributed by atoms with Crippen molar-refractivity contribution < 1.29 is 9.53 Å². The lowest BCUT2D eigenvalue weighted by molar-refractivity contribution is -0.141. The summed E-state index contributed by atoms with van der Waals surface area (Å²) in [6, 6.07) is 9.74. The molecule has 2 nitrogen and oxygen atoms in total. The van der Waals surface area contributed by atoms with Gasteiger partial charge in [-0.3, -0.25) is 4.79 Å². The van der Waals surface area contributed by atoms with Gasteiger partial charge in [0.2, 0.25) is 0 Å². The Balaban J connectivity index is 1.42. The van der Waals surface area contributed by atoms with E-state index in [4.69, 9.17) is 4.74 Å². The number of ether oxygens (including phenoxy) is 1. The molecular weight excluding hydrogens is 308 g/mol. The Labute approximate surface area is 152 Å². The van der Waals surface area contributed by atoms with Gasteiger partial charge in [0.05, 0.1) is 6.42 Å². The summed E-state index contributed by atoms with van der Waals surface area (Å²) in [6.45, 7) is 9.25. The Hall–Kier alpha value is -1.83. The molecule has 0 radical (unpaired) electrons. The first-order valence-electron chi connectivity index (χ1n) is 9.53. The number of allylic oxidation sites excluding steroid dienone is 2. The van der Waals surface area contributed by atoms with Crippen molar-refractivity contribution in [2.45, 2.75) is 52.4 Å². The minimum Gasteiger partial charge on any atom is -0.461 e. The molecule has 0 unspecified atom stereocenters. The Kier molecular flexibility index (Phi) is 5.46. The van der Waals surface area contributed by atoms with E-state index in [9.17, 15) is 4.79 Å². The first-order chi connectivity index (χ1) is 12.0. The topological polar surface area (TPSA) is 26.3 Å². The van der Waals surface area contributed by atoms with Gasteiger partial charge in [-0.05, 0) is 67.4 Å². The predicted molar refractivity (Wildman–Crippen MR) is 102 cm³/mol. The number of rotatable bonds is 7. The average molecular weight is 338 g/mol. The van der Waals surface area contributed by atoms with E-state index in [1.165, 1.54) is 31.3 Å². The molecule has 0 N–H and O–H groups in total. The van der Waals surface area contributed by atoms with E-state index in [0.717, 1.165) is 29.4 Å². The Morgan fingerprint density at radius 2 is 2.08 bits per heavy atom. The molecule has 1 aromatic rings. The largest absolute Gasteiger partial charge is 0.461 e. The zero-order valence-electron chi connectivity index (χ0n) is 15.6. The van der Waals surface area contributed by atoms with E-state index in [-0.39, 0.29) is 5.97 Å². The fraction of sp³-hybridized carbons (Fsp3) is 0.522. The summed E-state index contributed by atoms with van der Waals surface area (Å²) in [7, 11) is 0. The molecule has 2 bridgehead atoms. The van der Waals surface area contributed by atoms with E-state index in [0.29, 0.717) is 18.4 Å². The molecule has 0 amide bonds. The quantitative estimate of drug-likeness (QED) is 0.485. The van der Waals surface area contributed by atoms with Crippen molar-refractivity contribution in [2.24, 2.45) is 17.3 Å². The van der Waals surface area contributed by atoms with Gasteiger partial charge >= 0.3 is 5.97 Å². The van der Waals surface area contributed by atoms with Crippen LogP contribution in [-0.4, -0.2) is 12.6 Å². The van der Waals surface area contributed by atoms with Crippen molar-refractivity contribution >= 4 is 5.97 Å². The van der Waals surface area contributed by atoms with Gasteiger partial charge in [0.15, 0.2) is 0 Å². The van der Waals surface area contributed by atoms with Gasteiger partial charge in [0.1, 0.15) is 6.61 Å². The molecule has 3 atom stereocenters. The molecule has 2 heteroatoms. The van der Waals surface area contributed by atoms with Crippen LogP contribution in [0, 0.1) is 17.3 Å². The maximum Gasteiger partial charge on any atom is 0.310 e. The minimum absolute atomic E-state index is 0.160. The van der Waals surface area contributed by atoms with Crippen molar-refractivity contribution in [2.75, 3.05) is 6.61 Å². The molecule has 0 spiro atoms. The number of esters is 1. The van der Waals surface area contributed by atoms with Crippen molar-refractivity contribution in [3.8, 4) is 0 Å². The van der Waals surface area contributed by atoms with Crippen LogP contribution in [0.15, 0.2) is 54.1 Å². The SMILES string of the molecule is C=C1[C@@H]2CC[C@@H](C2)[C@@]1(C)CC/C=C(/C)COC(=O)Cc1ccccc1. The summed E-state index contributed by atoms with van der Waals surface area (Å²) in [4.78, 5) is 11.9. The van der Waals surface area contributed by atoms with Crippen LogP contribution in [0.5, 0.6) is 0 Å². The lowest BCUT2D eigenvalue weighted by Crippen LogP contribution is -2.26. The molecule has 0 saturated heterocycles.